The Bertz CT molecular complexity index is 427. The second kappa shape index (κ2) is 5.08. The van der Waals surface area contributed by atoms with E-state index in [4.69, 9.17) is 0 Å². The minimum absolute atomic E-state index is 0.602. The van der Waals surface area contributed by atoms with Crippen LogP contribution in [0, 0.1) is 13.8 Å². The van der Waals surface area contributed by atoms with Crippen LogP contribution in [0.2, 0.25) is 0 Å². The Labute approximate surface area is 115 Å². The summed E-state index contributed by atoms with van der Waals surface area (Å²) < 4.78 is 0. The first-order valence-electron chi connectivity index (χ1n) is 7.50. The summed E-state index contributed by atoms with van der Waals surface area (Å²) in [6.45, 7) is 7.31. The molecule has 3 rings (SSSR count). The van der Waals surface area contributed by atoms with Gasteiger partial charge in [-0.25, -0.2) is 9.97 Å². The number of aromatic nitrogens is 2. The van der Waals surface area contributed by atoms with Crippen LogP contribution < -0.4 is 10.2 Å². The van der Waals surface area contributed by atoms with Gasteiger partial charge in [0.15, 0.2) is 0 Å². The summed E-state index contributed by atoms with van der Waals surface area (Å²) in [6, 6.07) is 4.07. The summed E-state index contributed by atoms with van der Waals surface area (Å²) in [4.78, 5) is 11.7. The fourth-order valence-corrected chi connectivity index (χ4v) is 3.68. The second-order valence-electron chi connectivity index (χ2n) is 6.00. The Kier molecular flexibility index (Phi) is 3.44. The molecular weight excluding hydrogens is 236 g/mol. The van der Waals surface area contributed by atoms with Gasteiger partial charge < -0.3 is 10.2 Å². The van der Waals surface area contributed by atoms with Gasteiger partial charge in [0, 0.05) is 36.1 Å². The maximum absolute atomic E-state index is 4.65. The van der Waals surface area contributed by atoms with Crippen molar-refractivity contribution in [1.29, 1.82) is 0 Å². The summed E-state index contributed by atoms with van der Waals surface area (Å²) in [7, 11) is 0. The van der Waals surface area contributed by atoms with E-state index >= 15 is 0 Å². The molecule has 0 aromatic carbocycles. The number of fused-ring (bicyclic) bond motifs is 2. The number of hydrogen-bond acceptors (Lipinski definition) is 4. The molecule has 0 amide bonds. The highest BCUT2D eigenvalue weighted by Crippen LogP contribution is 2.31. The molecule has 0 spiro atoms. The van der Waals surface area contributed by atoms with E-state index in [1.165, 1.54) is 25.7 Å². The van der Waals surface area contributed by atoms with Gasteiger partial charge in [0.25, 0.3) is 0 Å². The Hall–Kier alpha value is -1.16. The number of nitrogens with one attached hydrogen (secondary N) is 1. The van der Waals surface area contributed by atoms with Gasteiger partial charge in [-0.2, -0.15) is 0 Å². The molecule has 0 aliphatic carbocycles. The predicted octanol–water partition coefficient (Wildman–Crippen LogP) is 2.20. The van der Waals surface area contributed by atoms with Gasteiger partial charge in [-0.3, -0.25) is 0 Å². The molecule has 2 bridgehead atoms. The molecule has 2 unspecified atom stereocenters. The summed E-state index contributed by atoms with van der Waals surface area (Å²) in [6.07, 6.45) is 5.15. The number of rotatable bonds is 3. The third-order valence-corrected chi connectivity index (χ3v) is 4.46. The van der Waals surface area contributed by atoms with Crippen molar-refractivity contribution < 1.29 is 0 Å². The standard InChI is InChI=1S/C15H24N4/c1-4-19(15-16-10(2)7-11(3)17-15)14-8-12-5-6-13(9-14)18-12/h7,12-14,18H,4-6,8-9H2,1-3H3. The molecule has 0 radical (unpaired) electrons. The first kappa shape index (κ1) is 12.9. The molecule has 104 valence electrons. The van der Waals surface area contributed by atoms with E-state index < -0.39 is 0 Å². The lowest BCUT2D eigenvalue weighted by molar-refractivity contribution is 0.346. The van der Waals surface area contributed by atoms with E-state index in [2.05, 4.69) is 41.0 Å². The minimum Gasteiger partial charge on any atom is -0.338 e. The average Bonchev–Trinajstić information content (AvgIpc) is 2.68. The maximum atomic E-state index is 4.65. The molecule has 0 saturated carbocycles. The lowest BCUT2D eigenvalue weighted by Gasteiger charge is -2.37. The Morgan fingerprint density at radius 3 is 2.26 bits per heavy atom. The zero-order valence-corrected chi connectivity index (χ0v) is 12.2. The molecule has 4 heteroatoms. The quantitative estimate of drug-likeness (QED) is 0.904. The zero-order valence-electron chi connectivity index (χ0n) is 12.2. The maximum Gasteiger partial charge on any atom is 0.226 e. The highest BCUT2D eigenvalue weighted by Gasteiger charge is 2.36. The van der Waals surface area contributed by atoms with Crippen LogP contribution in [0.1, 0.15) is 44.0 Å². The van der Waals surface area contributed by atoms with Crippen LogP contribution in [0.25, 0.3) is 0 Å². The summed E-state index contributed by atoms with van der Waals surface area (Å²) in [5.74, 6) is 0.923. The van der Waals surface area contributed by atoms with Crippen molar-refractivity contribution in [3.63, 3.8) is 0 Å². The Morgan fingerprint density at radius 2 is 1.74 bits per heavy atom. The number of hydrogen-bond donors (Lipinski definition) is 1. The van der Waals surface area contributed by atoms with Gasteiger partial charge in [0.1, 0.15) is 0 Å². The molecule has 4 nitrogen and oxygen atoms in total. The molecule has 2 saturated heterocycles. The molecule has 1 aromatic rings. The highest BCUT2D eigenvalue weighted by molar-refractivity contribution is 5.34. The Morgan fingerprint density at radius 1 is 1.16 bits per heavy atom. The normalized spacial score (nSPS) is 29.5. The van der Waals surface area contributed by atoms with E-state index in [1.807, 2.05) is 6.07 Å². The smallest absolute Gasteiger partial charge is 0.226 e. The van der Waals surface area contributed by atoms with Crippen molar-refractivity contribution in [2.75, 3.05) is 11.4 Å². The lowest BCUT2D eigenvalue weighted by Crippen LogP contribution is -2.49. The average molecular weight is 260 g/mol. The third kappa shape index (κ3) is 2.59. The van der Waals surface area contributed by atoms with Crippen molar-refractivity contribution in [2.45, 2.75) is 64.6 Å². The van der Waals surface area contributed by atoms with Crippen LogP contribution in [0.4, 0.5) is 5.95 Å². The summed E-state index contributed by atoms with van der Waals surface area (Å²) in [5.41, 5.74) is 2.13. The van der Waals surface area contributed by atoms with Gasteiger partial charge in [0.05, 0.1) is 0 Å². The van der Waals surface area contributed by atoms with Crippen LogP contribution in [-0.4, -0.2) is 34.6 Å². The van der Waals surface area contributed by atoms with Gasteiger partial charge in [-0.15, -0.1) is 0 Å². The number of aryl methyl sites for hydroxylation is 2. The third-order valence-electron chi connectivity index (χ3n) is 4.46. The molecule has 1 N–H and O–H groups in total. The van der Waals surface area contributed by atoms with Crippen molar-refractivity contribution >= 4 is 5.95 Å². The number of nitrogens with zero attached hydrogens (tertiary/aromatic N) is 3. The van der Waals surface area contributed by atoms with Gasteiger partial charge in [-0.05, 0) is 52.5 Å². The largest absolute Gasteiger partial charge is 0.338 e. The van der Waals surface area contributed by atoms with Gasteiger partial charge in [0.2, 0.25) is 5.95 Å². The van der Waals surface area contributed by atoms with Crippen molar-refractivity contribution in [3.05, 3.63) is 17.5 Å². The Balaban J connectivity index is 1.83. The molecule has 2 aliphatic heterocycles. The van der Waals surface area contributed by atoms with E-state index in [1.54, 1.807) is 0 Å². The zero-order chi connectivity index (χ0) is 13.4. The van der Waals surface area contributed by atoms with Crippen molar-refractivity contribution in [3.8, 4) is 0 Å². The lowest BCUT2D eigenvalue weighted by atomic mass is 9.98. The van der Waals surface area contributed by atoms with Gasteiger partial charge >= 0.3 is 0 Å². The summed E-state index contributed by atoms with van der Waals surface area (Å²) >= 11 is 0. The first-order valence-corrected chi connectivity index (χ1v) is 7.50. The van der Waals surface area contributed by atoms with E-state index in [0.717, 1.165) is 23.9 Å². The van der Waals surface area contributed by atoms with Crippen LogP contribution >= 0.6 is 0 Å². The number of piperidine rings is 1. The van der Waals surface area contributed by atoms with Crippen molar-refractivity contribution in [2.24, 2.45) is 0 Å². The fraction of sp³-hybridized carbons (Fsp3) is 0.733. The second-order valence-corrected chi connectivity index (χ2v) is 6.00. The van der Waals surface area contributed by atoms with E-state index in [-0.39, 0.29) is 0 Å². The molecule has 19 heavy (non-hydrogen) atoms. The number of anilines is 1. The minimum atomic E-state index is 0.602. The molecule has 3 heterocycles. The first-order chi connectivity index (χ1) is 9.15. The van der Waals surface area contributed by atoms with Crippen LogP contribution in [0.5, 0.6) is 0 Å². The van der Waals surface area contributed by atoms with Crippen LogP contribution in [0.3, 0.4) is 0 Å². The topological polar surface area (TPSA) is 41.1 Å². The van der Waals surface area contributed by atoms with Gasteiger partial charge in [-0.1, -0.05) is 0 Å². The van der Waals surface area contributed by atoms with Crippen LogP contribution in [-0.2, 0) is 0 Å². The molecule has 1 aromatic heterocycles. The van der Waals surface area contributed by atoms with Crippen molar-refractivity contribution in [1.82, 2.24) is 15.3 Å². The van der Waals surface area contributed by atoms with Crippen LogP contribution in [0.15, 0.2) is 6.07 Å². The molecule has 2 fully saturated rings. The molecular formula is C15H24N4. The molecule has 2 atom stereocenters. The monoisotopic (exact) mass is 260 g/mol. The van der Waals surface area contributed by atoms with E-state index in [0.29, 0.717) is 18.1 Å². The highest BCUT2D eigenvalue weighted by atomic mass is 15.3. The molecule has 2 aliphatic rings. The predicted molar refractivity (Wildman–Crippen MR) is 77.5 cm³/mol. The SMILES string of the molecule is CCN(c1nc(C)cc(C)n1)C1CC2CCC(C1)N2. The van der Waals surface area contributed by atoms with E-state index in [9.17, 15) is 0 Å². The fourth-order valence-electron chi connectivity index (χ4n) is 3.68. The summed E-state index contributed by atoms with van der Waals surface area (Å²) in [5, 5.41) is 3.71.